The molecule has 1 aromatic carbocycles. The zero-order chi connectivity index (χ0) is 30.1. The molecule has 44 heavy (non-hydrogen) atoms. The molecule has 242 valence electrons. The van der Waals surface area contributed by atoms with Crippen molar-refractivity contribution in [2.75, 3.05) is 13.1 Å². The molecule has 2 aliphatic heterocycles. The van der Waals surface area contributed by atoms with Crippen LogP contribution in [0.4, 0.5) is 0 Å². The van der Waals surface area contributed by atoms with Gasteiger partial charge in [-0.05, 0) is 166 Å². The van der Waals surface area contributed by atoms with Crippen LogP contribution < -0.4 is 0 Å². The van der Waals surface area contributed by atoms with Gasteiger partial charge in [-0.2, -0.15) is 0 Å². The summed E-state index contributed by atoms with van der Waals surface area (Å²) >= 11 is 0. The van der Waals surface area contributed by atoms with Gasteiger partial charge in [-0.1, -0.05) is 43.7 Å². The van der Waals surface area contributed by atoms with E-state index in [1.165, 1.54) is 76.3 Å². The van der Waals surface area contributed by atoms with Crippen molar-refractivity contribution in [1.82, 2.24) is 4.90 Å². The standard InChI is InChI=1S/C40H59NO3/c1-25-9-12-35-37(2,44)30-10-11-31-28(29(30)23-41(35)22-25)18-34-39(31)14-6-15-40(34)24-38(36(43)19-32(40)33(42)21-39)16-13-27(20-38)17-26-7-4-3-5-8-26/h3-5,7-8,25,27-36,42-44H,6,9-24H2,1-2H3. The minimum absolute atomic E-state index is 0.0397. The molecule has 4 nitrogen and oxygen atoms in total. The first-order valence-electron chi connectivity index (χ1n) is 19.0. The highest BCUT2D eigenvalue weighted by Crippen LogP contribution is 2.78. The molecule has 6 saturated carbocycles. The first-order chi connectivity index (χ1) is 21.2. The number of benzene rings is 1. The fourth-order valence-electron chi connectivity index (χ4n) is 15.5. The van der Waals surface area contributed by atoms with E-state index in [1.54, 1.807) is 0 Å². The van der Waals surface area contributed by atoms with E-state index in [9.17, 15) is 15.3 Å². The zero-order valence-corrected chi connectivity index (χ0v) is 27.5. The highest BCUT2D eigenvalue weighted by molar-refractivity contribution is 5.23. The summed E-state index contributed by atoms with van der Waals surface area (Å²) in [4.78, 5) is 2.73. The Morgan fingerprint density at radius 3 is 2.45 bits per heavy atom. The number of piperidine rings is 2. The Balaban J connectivity index is 1.04. The minimum Gasteiger partial charge on any atom is -0.393 e. The summed E-state index contributed by atoms with van der Waals surface area (Å²) in [6.07, 6.45) is 17.3. The molecule has 2 bridgehead atoms. The molecule has 8 aliphatic rings. The van der Waals surface area contributed by atoms with Gasteiger partial charge in [-0.3, -0.25) is 4.90 Å². The summed E-state index contributed by atoms with van der Waals surface area (Å²) in [5.74, 6) is 4.81. The average Bonchev–Trinajstić information content (AvgIpc) is 3.55. The van der Waals surface area contributed by atoms with Gasteiger partial charge in [0.2, 0.25) is 0 Å². The molecule has 4 heteroatoms. The van der Waals surface area contributed by atoms with Gasteiger partial charge in [0.05, 0.1) is 17.8 Å². The van der Waals surface area contributed by atoms with E-state index in [-0.39, 0.29) is 34.4 Å². The first-order valence-corrected chi connectivity index (χ1v) is 19.0. The third kappa shape index (κ3) is 3.96. The van der Waals surface area contributed by atoms with Crippen LogP contribution in [0.2, 0.25) is 0 Å². The molecular weight excluding hydrogens is 542 g/mol. The van der Waals surface area contributed by atoms with Crippen molar-refractivity contribution in [3.8, 4) is 0 Å². The second kappa shape index (κ2) is 10.0. The summed E-state index contributed by atoms with van der Waals surface area (Å²) in [5, 5.41) is 36.2. The van der Waals surface area contributed by atoms with Crippen LogP contribution >= 0.6 is 0 Å². The highest BCUT2D eigenvalue weighted by Gasteiger charge is 2.73. The Hall–Kier alpha value is -0.940. The third-order valence-corrected chi connectivity index (χ3v) is 16.9. The van der Waals surface area contributed by atoms with E-state index >= 15 is 0 Å². The maximum Gasteiger partial charge on any atom is 0.0805 e. The molecule has 6 aliphatic carbocycles. The quantitative estimate of drug-likeness (QED) is 0.347. The predicted octanol–water partition coefficient (Wildman–Crippen LogP) is 6.85. The zero-order valence-electron chi connectivity index (χ0n) is 27.5. The van der Waals surface area contributed by atoms with Crippen LogP contribution in [0.1, 0.15) is 109 Å². The van der Waals surface area contributed by atoms with E-state index in [1.807, 2.05) is 0 Å². The molecule has 0 amide bonds. The largest absolute Gasteiger partial charge is 0.393 e. The van der Waals surface area contributed by atoms with Crippen molar-refractivity contribution in [1.29, 1.82) is 0 Å². The summed E-state index contributed by atoms with van der Waals surface area (Å²) < 4.78 is 0. The monoisotopic (exact) mass is 601 g/mol. The number of nitrogens with zero attached hydrogens (tertiary/aromatic N) is 1. The molecule has 2 heterocycles. The van der Waals surface area contributed by atoms with Crippen LogP contribution in [-0.4, -0.2) is 57.2 Å². The number of hydrogen-bond acceptors (Lipinski definition) is 4. The van der Waals surface area contributed by atoms with Crippen LogP contribution in [0.25, 0.3) is 0 Å². The SMILES string of the molecule is CC1CCC2N(C1)CC1C3CC4C56CCCC4(CC(O)C5CC(O)C4(CCC(Cc5ccccc5)C4)C6)C3CCC1C2(C)O. The summed E-state index contributed by atoms with van der Waals surface area (Å²) in [5.41, 5.74) is 1.39. The molecule has 1 aromatic rings. The lowest BCUT2D eigenvalue weighted by molar-refractivity contribution is -0.231. The number of aliphatic hydroxyl groups is 3. The summed E-state index contributed by atoms with van der Waals surface area (Å²) in [6.45, 7) is 6.98. The molecule has 8 fully saturated rings. The maximum atomic E-state index is 12.2. The van der Waals surface area contributed by atoms with Crippen molar-refractivity contribution in [2.45, 2.75) is 134 Å². The number of aliphatic hydroxyl groups excluding tert-OH is 2. The van der Waals surface area contributed by atoms with E-state index < -0.39 is 5.60 Å². The van der Waals surface area contributed by atoms with Gasteiger partial charge in [-0.15, -0.1) is 0 Å². The van der Waals surface area contributed by atoms with Crippen LogP contribution in [0.5, 0.6) is 0 Å². The molecule has 9 rings (SSSR count). The number of rotatable bonds is 2. The molecule has 0 radical (unpaired) electrons. The van der Waals surface area contributed by atoms with Crippen molar-refractivity contribution in [2.24, 2.45) is 63.6 Å². The van der Waals surface area contributed by atoms with Crippen molar-refractivity contribution < 1.29 is 15.3 Å². The Bertz CT molecular complexity index is 1250. The fourth-order valence-corrected chi connectivity index (χ4v) is 15.5. The minimum atomic E-state index is -0.578. The van der Waals surface area contributed by atoms with Gasteiger partial charge >= 0.3 is 0 Å². The molecule has 15 unspecified atom stereocenters. The van der Waals surface area contributed by atoms with E-state index in [0.717, 1.165) is 44.6 Å². The molecule has 2 saturated heterocycles. The Morgan fingerprint density at radius 1 is 0.818 bits per heavy atom. The van der Waals surface area contributed by atoms with Crippen molar-refractivity contribution >= 4 is 0 Å². The molecule has 2 spiro atoms. The van der Waals surface area contributed by atoms with Gasteiger partial charge in [0.1, 0.15) is 0 Å². The van der Waals surface area contributed by atoms with E-state index in [4.69, 9.17) is 0 Å². The molecule has 3 N–H and O–H groups in total. The lowest BCUT2D eigenvalue weighted by atomic mass is 9.38. The average molecular weight is 602 g/mol. The number of fused-ring (bicyclic) bond motifs is 4. The van der Waals surface area contributed by atoms with Gasteiger partial charge in [0.15, 0.2) is 0 Å². The smallest absolute Gasteiger partial charge is 0.0805 e. The van der Waals surface area contributed by atoms with E-state index in [2.05, 4.69) is 49.1 Å². The van der Waals surface area contributed by atoms with Gasteiger partial charge in [0.25, 0.3) is 0 Å². The van der Waals surface area contributed by atoms with Crippen LogP contribution in [-0.2, 0) is 6.42 Å². The normalized spacial score (nSPS) is 56.3. The predicted molar refractivity (Wildman–Crippen MR) is 174 cm³/mol. The van der Waals surface area contributed by atoms with E-state index in [0.29, 0.717) is 41.5 Å². The Kier molecular flexibility index (Phi) is 6.66. The molecule has 15 atom stereocenters. The topological polar surface area (TPSA) is 63.9 Å². The third-order valence-electron chi connectivity index (χ3n) is 16.9. The Labute approximate surface area is 266 Å². The van der Waals surface area contributed by atoms with Crippen molar-refractivity contribution in [3.05, 3.63) is 35.9 Å². The molecular formula is C40H59NO3. The van der Waals surface area contributed by atoms with Crippen LogP contribution in [0, 0.1) is 63.6 Å². The van der Waals surface area contributed by atoms with Gasteiger partial charge < -0.3 is 15.3 Å². The first kappa shape index (κ1) is 29.2. The van der Waals surface area contributed by atoms with Crippen molar-refractivity contribution in [3.63, 3.8) is 0 Å². The number of hydrogen-bond donors (Lipinski definition) is 3. The lowest BCUT2D eigenvalue weighted by Crippen LogP contribution is -2.67. The summed E-state index contributed by atoms with van der Waals surface area (Å²) in [7, 11) is 0. The second-order valence-corrected chi connectivity index (χ2v) is 18.6. The van der Waals surface area contributed by atoms with Gasteiger partial charge in [0, 0.05) is 19.1 Å². The van der Waals surface area contributed by atoms with Crippen LogP contribution in [0.3, 0.4) is 0 Å². The maximum absolute atomic E-state index is 12.2. The lowest BCUT2D eigenvalue weighted by Gasteiger charge is -2.68. The highest BCUT2D eigenvalue weighted by atomic mass is 16.3. The Morgan fingerprint density at radius 2 is 1.61 bits per heavy atom. The second-order valence-electron chi connectivity index (χ2n) is 18.6. The van der Waals surface area contributed by atoms with Crippen LogP contribution in [0.15, 0.2) is 30.3 Å². The summed E-state index contributed by atoms with van der Waals surface area (Å²) in [6, 6.07) is 11.4. The molecule has 0 aromatic heterocycles. The van der Waals surface area contributed by atoms with Gasteiger partial charge in [-0.25, -0.2) is 0 Å². The fraction of sp³-hybridized carbons (Fsp3) is 0.850.